The SMILES string of the molecule is O=C(NC1CC2(CCC2)C1)C1CCC2CN1C(=O)N2. The van der Waals surface area contributed by atoms with Gasteiger partial charge in [0.05, 0.1) is 0 Å². The molecule has 5 heteroatoms. The summed E-state index contributed by atoms with van der Waals surface area (Å²) in [7, 11) is 0. The summed E-state index contributed by atoms with van der Waals surface area (Å²) in [5.74, 6) is 0.0645. The van der Waals surface area contributed by atoms with E-state index in [1.54, 1.807) is 4.90 Å². The van der Waals surface area contributed by atoms with Crippen molar-refractivity contribution in [3.8, 4) is 0 Å². The van der Waals surface area contributed by atoms with E-state index in [1.165, 1.54) is 19.3 Å². The Hall–Kier alpha value is -1.26. The van der Waals surface area contributed by atoms with Crippen LogP contribution in [0.4, 0.5) is 4.79 Å². The third-order valence-corrected chi connectivity index (χ3v) is 5.59. The Morgan fingerprint density at radius 1 is 1.32 bits per heavy atom. The number of piperidine rings is 1. The van der Waals surface area contributed by atoms with Gasteiger partial charge in [0, 0.05) is 18.6 Å². The summed E-state index contributed by atoms with van der Waals surface area (Å²) in [5.41, 5.74) is 0.584. The summed E-state index contributed by atoms with van der Waals surface area (Å²) in [4.78, 5) is 25.8. The zero-order valence-electron chi connectivity index (χ0n) is 11.2. The van der Waals surface area contributed by atoms with E-state index >= 15 is 0 Å². The molecule has 2 heterocycles. The molecule has 2 atom stereocenters. The number of nitrogens with zero attached hydrogens (tertiary/aromatic N) is 1. The Bertz CT molecular complexity index is 424. The first-order valence-electron chi connectivity index (χ1n) is 7.53. The lowest BCUT2D eigenvalue weighted by Gasteiger charge is -2.54. The minimum atomic E-state index is -0.239. The summed E-state index contributed by atoms with van der Waals surface area (Å²) in [6, 6.07) is 0.318. The monoisotopic (exact) mass is 263 g/mol. The Labute approximate surface area is 113 Å². The zero-order chi connectivity index (χ0) is 13.0. The molecule has 2 saturated carbocycles. The molecule has 2 N–H and O–H groups in total. The van der Waals surface area contributed by atoms with Gasteiger partial charge in [-0.3, -0.25) is 4.79 Å². The van der Waals surface area contributed by atoms with Crippen molar-refractivity contribution in [3.05, 3.63) is 0 Å². The van der Waals surface area contributed by atoms with Crippen LogP contribution >= 0.6 is 0 Å². The lowest BCUT2D eigenvalue weighted by molar-refractivity contribution is -0.129. The zero-order valence-corrected chi connectivity index (χ0v) is 11.2. The molecule has 4 aliphatic rings. The topological polar surface area (TPSA) is 61.4 Å². The molecule has 19 heavy (non-hydrogen) atoms. The largest absolute Gasteiger partial charge is 0.352 e. The van der Waals surface area contributed by atoms with Gasteiger partial charge in [0.25, 0.3) is 0 Å². The maximum atomic E-state index is 12.3. The summed E-state index contributed by atoms with van der Waals surface area (Å²) in [5, 5.41) is 6.07. The van der Waals surface area contributed by atoms with E-state index in [0.717, 1.165) is 25.7 Å². The van der Waals surface area contributed by atoms with Gasteiger partial charge < -0.3 is 15.5 Å². The summed E-state index contributed by atoms with van der Waals surface area (Å²) >= 11 is 0. The first-order valence-corrected chi connectivity index (χ1v) is 7.53. The highest BCUT2D eigenvalue weighted by atomic mass is 16.2. The van der Waals surface area contributed by atoms with Crippen LogP contribution in [0.5, 0.6) is 0 Å². The normalized spacial score (nSPS) is 35.6. The molecule has 0 aromatic heterocycles. The summed E-state index contributed by atoms with van der Waals surface area (Å²) < 4.78 is 0. The molecule has 2 unspecified atom stereocenters. The molecule has 2 bridgehead atoms. The molecule has 2 aliphatic heterocycles. The average molecular weight is 263 g/mol. The first-order chi connectivity index (χ1) is 9.15. The molecule has 0 aromatic carbocycles. The molecule has 4 fully saturated rings. The standard InChI is InChI=1S/C14H21N3O2/c18-12(15-10-6-14(7-10)4-1-5-14)11-3-2-9-8-17(11)13(19)16-9/h9-11H,1-8H2,(H,15,18)(H,16,19). The highest BCUT2D eigenvalue weighted by Gasteiger charge is 2.49. The van der Waals surface area contributed by atoms with Crippen LogP contribution in [-0.2, 0) is 4.79 Å². The molecule has 0 radical (unpaired) electrons. The van der Waals surface area contributed by atoms with E-state index in [0.29, 0.717) is 18.0 Å². The third kappa shape index (κ3) is 1.74. The second kappa shape index (κ2) is 3.87. The van der Waals surface area contributed by atoms with Crippen molar-refractivity contribution in [2.24, 2.45) is 5.41 Å². The lowest BCUT2D eigenvalue weighted by atomic mass is 9.54. The van der Waals surface area contributed by atoms with Crippen LogP contribution in [0.15, 0.2) is 0 Å². The molecule has 5 nitrogen and oxygen atoms in total. The Morgan fingerprint density at radius 2 is 2.11 bits per heavy atom. The lowest BCUT2D eigenvalue weighted by Crippen LogP contribution is -2.58. The minimum Gasteiger partial charge on any atom is -0.352 e. The maximum absolute atomic E-state index is 12.3. The van der Waals surface area contributed by atoms with Crippen molar-refractivity contribution in [1.82, 2.24) is 15.5 Å². The first kappa shape index (κ1) is 11.6. The molecular weight excluding hydrogens is 242 g/mol. The number of amides is 3. The van der Waals surface area contributed by atoms with Crippen LogP contribution in [-0.4, -0.2) is 41.5 Å². The van der Waals surface area contributed by atoms with Crippen molar-refractivity contribution in [2.45, 2.75) is 63.1 Å². The van der Waals surface area contributed by atoms with Crippen molar-refractivity contribution in [1.29, 1.82) is 0 Å². The van der Waals surface area contributed by atoms with Crippen molar-refractivity contribution >= 4 is 11.9 Å². The fourth-order valence-corrected chi connectivity index (χ4v) is 4.31. The van der Waals surface area contributed by atoms with Gasteiger partial charge in [-0.15, -0.1) is 0 Å². The number of urea groups is 1. The number of hydrogen-bond acceptors (Lipinski definition) is 2. The fourth-order valence-electron chi connectivity index (χ4n) is 4.31. The molecule has 3 amide bonds. The number of carbonyl (C=O) groups is 2. The number of carbonyl (C=O) groups excluding carboxylic acids is 2. The van der Waals surface area contributed by atoms with E-state index < -0.39 is 0 Å². The predicted octanol–water partition coefficient (Wildman–Crippen LogP) is 0.991. The van der Waals surface area contributed by atoms with Gasteiger partial charge in [0.2, 0.25) is 5.91 Å². The number of rotatable bonds is 2. The van der Waals surface area contributed by atoms with Crippen molar-refractivity contribution in [2.75, 3.05) is 6.54 Å². The molecule has 104 valence electrons. The fraction of sp³-hybridized carbons (Fsp3) is 0.857. The van der Waals surface area contributed by atoms with Gasteiger partial charge >= 0.3 is 6.03 Å². The Kier molecular flexibility index (Phi) is 2.35. The quantitative estimate of drug-likeness (QED) is 0.780. The second-order valence-corrected chi connectivity index (χ2v) is 6.86. The summed E-state index contributed by atoms with van der Waals surface area (Å²) in [6.07, 6.45) is 8.08. The number of nitrogens with one attached hydrogen (secondary N) is 2. The van der Waals surface area contributed by atoms with Crippen LogP contribution in [0.25, 0.3) is 0 Å². The smallest absolute Gasteiger partial charge is 0.318 e. The minimum absolute atomic E-state index is 0.0632. The van der Waals surface area contributed by atoms with E-state index in [2.05, 4.69) is 10.6 Å². The summed E-state index contributed by atoms with van der Waals surface area (Å²) in [6.45, 7) is 0.700. The van der Waals surface area contributed by atoms with Crippen LogP contribution < -0.4 is 10.6 Å². The maximum Gasteiger partial charge on any atom is 0.318 e. The van der Waals surface area contributed by atoms with Crippen LogP contribution in [0.1, 0.15) is 44.9 Å². The van der Waals surface area contributed by atoms with Gasteiger partial charge in [0.1, 0.15) is 6.04 Å². The Balaban J connectivity index is 1.34. The van der Waals surface area contributed by atoms with Crippen LogP contribution in [0.3, 0.4) is 0 Å². The van der Waals surface area contributed by atoms with Gasteiger partial charge in [0.15, 0.2) is 0 Å². The highest BCUT2D eigenvalue weighted by molar-refractivity contribution is 5.89. The van der Waals surface area contributed by atoms with Gasteiger partial charge in [-0.05, 0) is 43.9 Å². The van der Waals surface area contributed by atoms with Crippen molar-refractivity contribution in [3.63, 3.8) is 0 Å². The molecular formula is C14H21N3O2. The molecule has 1 spiro atoms. The van der Waals surface area contributed by atoms with Gasteiger partial charge in [-0.25, -0.2) is 4.79 Å². The Morgan fingerprint density at radius 3 is 2.79 bits per heavy atom. The molecule has 4 rings (SSSR count). The van der Waals surface area contributed by atoms with Gasteiger partial charge in [-0.2, -0.15) is 0 Å². The van der Waals surface area contributed by atoms with E-state index in [4.69, 9.17) is 0 Å². The van der Waals surface area contributed by atoms with Crippen LogP contribution in [0, 0.1) is 5.41 Å². The third-order valence-electron chi connectivity index (χ3n) is 5.59. The van der Waals surface area contributed by atoms with Crippen molar-refractivity contribution < 1.29 is 9.59 Å². The van der Waals surface area contributed by atoms with E-state index in [9.17, 15) is 9.59 Å². The molecule has 2 saturated heterocycles. The van der Waals surface area contributed by atoms with Crippen LogP contribution in [0.2, 0.25) is 0 Å². The average Bonchev–Trinajstić information content (AvgIpc) is 2.57. The predicted molar refractivity (Wildman–Crippen MR) is 69.5 cm³/mol. The van der Waals surface area contributed by atoms with Gasteiger partial charge in [-0.1, -0.05) is 6.42 Å². The number of fused-ring (bicyclic) bond motifs is 2. The number of hydrogen-bond donors (Lipinski definition) is 2. The second-order valence-electron chi connectivity index (χ2n) is 6.86. The molecule has 0 aromatic rings. The van der Waals surface area contributed by atoms with E-state index in [1.807, 2.05) is 0 Å². The molecule has 2 aliphatic carbocycles. The van der Waals surface area contributed by atoms with E-state index in [-0.39, 0.29) is 24.0 Å². The highest BCUT2D eigenvalue weighted by Crippen LogP contribution is 2.55.